The van der Waals surface area contributed by atoms with Gasteiger partial charge in [-0.1, -0.05) is 44.7 Å². The molecule has 0 radical (unpaired) electrons. The van der Waals surface area contributed by atoms with Crippen molar-refractivity contribution in [3.63, 3.8) is 0 Å². The van der Waals surface area contributed by atoms with E-state index in [0.29, 0.717) is 13.0 Å². The summed E-state index contributed by atoms with van der Waals surface area (Å²) in [5.74, 6) is -0.212. The minimum Gasteiger partial charge on any atom is -0.468 e. The molecule has 0 heterocycles. The zero-order chi connectivity index (χ0) is 21.8. The molecule has 1 aliphatic carbocycles. The van der Waals surface area contributed by atoms with Crippen LogP contribution in [0.2, 0.25) is 25.7 Å². The summed E-state index contributed by atoms with van der Waals surface area (Å²) in [6, 6.07) is 0.958. The fourth-order valence-corrected chi connectivity index (χ4v) is 4.77. The number of amides is 1. The molecule has 0 aromatic carbocycles. The van der Waals surface area contributed by atoms with E-state index >= 15 is 0 Å². The number of esters is 1. The van der Waals surface area contributed by atoms with E-state index < -0.39 is 24.5 Å². The van der Waals surface area contributed by atoms with Crippen LogP contribution in [0, 0.1) is 11.3 Å². The van der Waals surface area contributed by atoms with Gasteiger partial charge in [-0.2, -0.15) is 0 Å². The summed E-state index contributed by atoms with van der Waals surface area (Å²) < 4.78 is 15.3. The smallest absolute Gasteiger partial charge is 0.418 e. The van der Waals surface area contributed by atoms with Crippen LogP contribution in [0.3, 0.4) is 0 Å². The van der Waals surface area contributed by atoms with Gasteiger partial charge in [0.1, 0.15) is 17.1 Å². The fraction of sp³-hybridized carbons (Fsp3) is 0.842. The van der Waals surface area contributed by atoms with E-state index in [-0.39, 0.29) is 23.8 Å². The summed E-state index contributed by atoms with van der Waals surface area (Å²) >= 11 is 1.07. The summed E-state index contributed by atoms with van der Waals surface area (Å²) in [5.41, 5.74) is -0.690. The van der Waals surface area contributed by atoms with Crippen molar-refractivity contribution in [2.24, 2.45) is 5.92 Å². The second-order valence-electron chi connectivity index (χ2n) is 9.35. The van der Waals surface area contributed by atoms with E-state index in [9.17, 15) is 9.59 Å². The first-order valence-corrected chi connectivity index (χ1v) is 14.2. The second-order valence-corrected chi connectivity index (χ2v) is 16.3. The number of methoxy groups -OCH3 is 1. The van der Waals surface area contributed by atoms with Crippen LogP contribution in [0.15, 0.2) is 0 Å². The van der Waals surface area contributed by atoms with Crippen molar-refractivity contribution in [1.82, 2.24) is 4.90 Å². The minimum atomic E-state index is -1.26. The molecule has 1 rings (SSSR count). The number of thioether (sulfide) groups is 1. The topological polar surface area (TPSA) is 88.9 Å². The molecule has 1 fully saturated rings. The van der Waals surface area contributed by atoms with E-state index in [1.807, 2.05) is 6.92 Å². The standard InChI is InChI=1S/C19H36N2O5SSi/c1-9-14-12-19(14,15(22)24-5)27-16(20)21(17(23)26-18(2,3)4)13-25-10-11-28(6,7)8/h14,20H,9-13H2,1-8H3/t14-,19+/m1/s1. The van der Waals surface area contributed by atoms with Gasteiger partial charge in [0.05, 0.1) is 7.11 Å². The third kappa shape index (κ3) is 7.40. The monoisotopic (exact) mass is 432 g/mol. The lowest BCUT2D eigenvalue weighted by molar-refractivity contribution is -0.141. The Morgan fingerprint density at radius 1 is 1.29 bits per heavy atom. The first-order chi connectivity index (χ1) is 12.8. The van der Waals surface area contributed by atoms with Crippen molar-refractivity contribution in [3.8, 4) is 0 Å². The van der Waals surface area contributed by atoms with Crippen LogP contribution in [0.1, 0.15) is 40.5 Å². The van der Waals surface area contributed by atoms with Gasteiger partial charge >= 0.3 is 12.1 Å². The summed E-state index contributed by atoms with van der Waals surface area (Å²) in [7, 11) is 0.0879. The average Bonchev–Trinajstić information content (AvgIpc) is 3.25. The number of rotatable bonds is 8. The highest BCUT2D eigenvalue weighted by Gasteiger charge is 2.62. The molecule has 0 unspecified atom stereocenters. The largest absolute Gasteiger partial charge is 0.468 e. The molecule has 1 saturated carbocycles. The minimum absolute atomic E-state index is 0.0522. The third-order valence-electron chi connectivity index (χ3n) is 4.43. The maximum absolute atomic E-state index is 12.7. The van der Waals surface area contributed by atoms with Crippen LogP contribution in [0.4, 0.5) is 4.79 Å². The van der Waals surface area contributed by atoms with Crippen LogP contribution in [-0.4, -0.2) is 61.0 Å². The first kappa shape index (κ1) is 25.0. The summed E-state index contributed by atoms with van der Waals surface area (Å²) in [5, 5.41) is 8.43. The van der Waals surface area contributed by atoms with Crippen molar-refractivity contribution >= 4 is 37.1 Å². The average molecular weight is 433 g/mol. The lowest BCUT2D eigenvalue weighted by Gasteiger charge is -2.28. The predicted octanol–water partition coefficient (Wildman–Crippen LogP) is 4.55. The Bertz CT molecular complexity index is 588. The molecule has 1 N–H and O–H groups in total. The fourth-order valence-electron chi connectivity index (χ4n) is 2.64. The van der Waals surface area contributed by atoms with Gasteiger partial charge < -0.3 is 14.2 Å². The van der Waals surface area contributed by atoms with Gasteiger partial charge in [0, 0.05) is 14.7 Å². The van der Waals surface area contributed by atoms with Crippen molar-refractivity contribution in [2.75, 3.05) is 20.4 Å². The molecule has 1 aliphatic rings. The summed E-state index contributed by atoms with van der Waals surface area (Å²) in [6.07, 6.45) is 0.808. The molecule has 162 valence electrons. The van der Waals surface area contributed by atoms with Gasteiger partial charge in [-0.25, -0.2) is 9.69 Å². The highest BCUT2D eigenvalue weighted by Crippen LogP contribution is 2.57. The van der Waals surface area contributed by atoms with Crippen molar-refractivity contribution in [1.29, 1.82) is 5.41 Å². The summed E-state index contributed by atoms with van der Waals surface area (Å²) in [6.45, 7) is 14.5. The lowest BCUT2D eigenvalue weighted by atomic mass is 10.2. The number of hydrogen-bond acceptors (Lipinski definition) is 7. The number of hydrogen-bond donors (Lipinski definition) is 1. The number of ether oxygens (including phenoxy) is 3. The van der Waals surface area contributed by atoms with E-state index in [0.717, 1.165) is 29.1 Å². The molecule has 0 aromatic rings. The van der Waals surface area contributed by atoms with Crippen LogP contribution < -0.4 is 0 Å². The summed E-state index contributed by atoms with van der Waals surface area (Å²) in [4.78, 5) is 26.1. The molecule has 0 aromatic heterocycles. The van der Waals surface area contributed by atoms with Crippen LogP contribution in [0.25, 0.3) is 0 Å². The van der Waals surface area contributed by atoms with E-state index in [1.165, 1.54) is 7.11 Å². The SMILES string of the molecule is CC[C@@H]1C[C@@]1(SC(=N)N(COCC[Si](C)(C)C)C(=O)OC(C)(C)C)C(=O)OC. The Kier molecular flexibility index (Phi) is 8.58. The number of nitrogens with zero attached hydrogens (tertiary/aromatic N) is 1. The van der Waals surface area contributed by atoms with E-state index in [4.69, 9.17) is 19.6 Å². The lowest BCUT2D eigenvalue weighted by Crippen LogP contribution is -2.42. The molecule has 0 spiro atoms. The third-order valence-corrected chi connectivity index (χ3v) is 7.58. The molecule has 0 bridgehead atoms. The number of amidine groups is 1. The highest BCUT2D eigenvalue weighted by atomic mass is 32.2. The van der Waals surface area contributed by atoms with Gasteiger partial charge in [-0.05, 0) is 39.2 Å². The Labute approximate surface area is 174 Å². The van der Waals surface area contributed by atoms with E-state index in [1.54, 1.807) is 20.8 Å². The van der Waals surface area contributed by atoms with Crippen molar-refractivity contribution in [2.45, 2.75) is 76.6 Å². The van der Waals surface area contributed by atoms with Crippen LogP contribution in [-0.2, 0) is 19.0 Å². The Morgan fingerprint density at radius 2 is 1.89 bits per heavy atom. The zero-order valence-electron chi connectivity index (χ0n) is 18.5. The van der Waals surface area contributed by atoms with Crippen molar-refractivity contribution < 1.29 is 23.8 Å². The molecule has 0 aliphatic heterocycles. The van der Waals surface area contributed by atoms with Gasteiger partial charge in [0.15, 0.2) is 5.17 Å². The molecule has 9 heteroatoms. The molecular weight excluding hydrogens is 396 g/mol. The van der Waals surface area contributed by atoms with Crippen LogP contribution in [0.5, 0.6) is 0 Å². The molecule has 0 saturated heterocycles. The molecule has 2 atom stereocenters. The van der Waals surface area contributed by atoms with Gasteiger partial charge in [-0.15, -0.1) is 0 Å². The Morgan fingerprint density at radius 3 is 2.32 bits per heavy atom. The normalized spacial score (nSPS) is 21.8. The number of carbonyl (C=O) groups excluding carboxylic acids is 2. The maximum atomic E-state index is 12.7. The van der Waals surface area contributed by atoms with E-state index in [2.05, 4.69) is 19.6 Å². The predicted molar refractivity (Wildman–Crippen MR) is 116 cm³/mol. The Hall–Kier alpha value is -1.06. The second kappa shape index (κ2) is 9.62. The quantitative estimate of drug-likeness (QED) is 0.151. The molecular formula is C19H36N2O5SSi. The number of nitrogens with one attached hydrogen (secondary N) is 1. The van der Waals surface area contributed by atoms with Crippen LogP contribution >= 0.6 is 11.8 Å². The van der Waals surface area contributed by atoms with Gasteiger partial charge in [0.2, 0.25) is 0 Å². The van der Waals surface area contributed by atoms with Gasteiger partial charge in [-0.3, -0.25) is 10.2 Å². The molecule has 7 nitrogen and oxygen atoms in total. The van der Waals surface area contributed by atoms with Gasteiger partial charge in [0.25, 0.3) is 0 Å². The number of carbonyl (C=O) groups is 2. The first-order valence-electron chi connectivity index (χ1n) is 9.70. The molecule has 28 heavy (non-hydrogen) atoms. The maximum Gasteiger partial charge on any atom is 0.418 e. The van der Waals surface area contributed by atoms with Crippen molar-refractivity contribution in [3.05, 3.63) is 0 Å². The highest BCUT2D eigenvalue weighted by molar-refractivity contribution is 8.15. The molecule has 1 amide bonds. The Balaban J connectivity index is 2.86. The zero-order valence-corrected chi connectivity index (χ0v) is 20.3.